The maximum absolute atomic E-state index is 12.5. The van der Waals surface area contributed by atoms with Crippen LogP contribution in [0.15, 0.2) is 12.3 Å². The second-order valence-corrected chi connectivity index (χ2v) is 6.61. The number of aromatic nitrogens is 1. The summed E-state index contributed by atoms with van der Waals surface area (Å²) in [4.78, 5) is 29.0. The van der Waals surface area contributed by atoms with Gasteiger partial charge in [0.1, 0.15) is 0 Å². The third-order valence-electron chi connectivity index (χ3n) is 4.10. The molecule has 1 aromatic rings. The largest absolute Gasteiger partial charge is 0.341 e. The Bertz CT molecular complexity index is 631. The van der Waals surface area contributed by atoms with E-state index in [-0.39, 0.29) is 35.1 Å². The van der Waals surface area contributed by atoms with Gasteiger partial charge < -0.3 is 5.73 Å². The summed E-state index contributed by atoms with van der Waals surface area (Å²) in [6.07, 6.45) is 2.86. The standard InChI is InChI=1S/C15H21Cl2N5O2.ClH/c1-3-9(2)12(18)14(23)21-5-4-6-22(21)15(24)20-13-11(17)7-10(16)8-19-13;/h7-9,12H,3-6,18H2,1-2H3,(H,19,20,24);1H. The molecule has 2 atom stereocenters. The summed E-state index contributed by atoms with van der Waals surface area (Å²) in [6.45, 7) is 4.77. The van der Waals surface area contributed by atoms with Gasteiger partial charge in [-0.05, 0) is 18.4 Å². The smallest absolute Gasteiger partial charge is 0.320 e. The summed E-state index contributed by atoms with van der Waals surface area (Å²) in [7, 11) is 0. The van der Waals surface area contributed by atoms with Gasteiger partial charge in [-0.2, -0.15) is 0 Å². The van der Waals surface area contributed by atoms with E-state index in [1.54, 1.807) is 0 Å². The number of hydrazine groups is 1. The highest BCUT2D eigenvalue weighted by atomic mass is 35.5. The Morgan fingerprint density at radius 3 is 2.60 bits per heavy atom. The zero-order valence-electron chi connectivity index (χ0n) is 14.0. The number of nitrogens with zero attached hydrogens (tertiary/aromatic N) is 3. The lowest BCUT2D eigenvalue weighted by molar-refractivity contribution is -0.142. The van der Waals surface area contributed by atoms with Crippen LogP contribution < -0.4 is 11.1 Å². The van der Waals surface area contributed by atoms with E-state index in [1.165, 1.54) is 22.3 Å². The average Bonchev–Trinajstić information content (AvgIpc) is 3.04. The maximum atomic E-state index is 12.5. The number of nitrogens with one attached hydrogen (secondary N) is 1. The van der Waals surface area contributed by atoms with Gasteiger partial charge in [-0.1, -0.05) is 43.5 Å². The number of nitrogens with two attached hydrogens (primary N) is 1. The van der Waals surface area contributed by atoms with E-state index in [2.05, 4.69) is 10.3 Å². The number of hydrogen-bond acceptors (Lipinski definition) is 4. The minimum atomic E-state index is -0.638. The number of carbonyl (C=O) groups excluding carboxylic acids is 2. The first kappa shape index (κ1) is 21.8. The number of pyridine rings is 1. The molecule has 2 rings (SSSR count). The Morgan fingerprint density at radius 1 is 1.36 bits per heavy atom. The van der Waals surface area contributed by atoms with Crippen LogP contribution in [-0.4, -0.2) is 46.1 Å². The minimum Gasteiger partial charge on any atom is -0.320 e. The van der Waals surface area contributed by atoms with Crippen LogP contribution in [0.25, 0.3) is 0 Å². The lowest BCUT2D eigenvalue weighted by atomic mass is 9.99. The summed E-state index contributed by atoms with van der Waals surface area (Å²) >= 11 is 11.8. The molecular formula is C15H22Cl3N5O2. The molecule has 1 fully saturated rings. The van der Waals surface area contributed by atoms with Crippen molar-refractivity contribution in [2.75, 3.05) is 18.4 Å². The molecule has 1 aliphatic rings. The number of anilines is 1. The normalized spacial score (nSPS) is 16.2. The van der Waals surface area contributed by atoms with Crippen molar-refractivity contribution in [3.8, 4) is 0 Å². The van der Waals surface area contributed by atoms with Crippen LogP contribution in [0.3, 0.4) is 0 Å². The number of halogens is 3. The first-order valence-electron chi connectivity index (χ1n) is 7.81. The van der Waals surface area contributed by atoms with Crippen molar-refractivity contribution in [1.82, 2.24) is 15.0 Å². The van der Waals surface area contributed by atoms with Crippen molar-refractivity contribution >= 4 is 53.4 Å². The molecule has 0 aliphatic carbocycles. The van der Waals surface area contributed by atoms with Crippen molar-refractivity contribution in [3.63, 3.8) is 0 Å². The van der Waals surface area contributed by atoms with Crippen molar-refractivity contribution in [2.24, 2.45) is 11.7 Å². The van der Waals surface area contributed by atoms with Gasteiger partial charge in [0.25, 0.3) is 5.91 Å². The monoisotopic (exact) mass is 409 g/mol. The van der Waals surface area contributed by atoms with Gasteiger partial charge in [0, 0.05) is 19.3 Å². The van der Waals surface area contributed by atoms with E-state index in [9.17, 15) is 9.59 Å². The molecule has 3 N–H and O–H groups in total. The molecule has 0 saturated carbocycles. The van der Waals surface area contributed by atoms with Crippen LogP contribution in [0.4, 0.5) is 10.6 Å². The Hall–Kier alpha value is -1.28. The molecule has 1 aliphatic heterocycles. The first-order chi connectivity index (χ1) is 11.3. The SMILES string of the molecule is CCC(C)C(N)C(=O)N1CCCN1C(=O)Nc1ncc(Cl)cc1Cl.Cl. The first-order valence-corrected chi connectivity index (χ1v) is 8.57. The highest BCUT2D eigenvalue weighted by Gasteiger charge is 2.35. The van der Waals surface area contributed by atoms with Gasteiger partial charge >= 0.3 is 6.03 Å². The molecule has 3 amide bonds. The molecule has 2 unspecified atom stereocenters. The highest BCUT2D eigenvalue weighted by Crippen LogP contribution is 2.24. The summed E-state index contributed by atoms with van der Waals surface area (Å²) in [5.74, 6) is -0.0286. The molecule has 0 radical (unpaired) electrons. The minimum absolute atomic E-state index is 0. The highest BCUT2D eigenvalue weighted by molar-refractivity contribution is 6.36. The molecule has 1 saturated heterocycles. The molecule has 10 heteroatoms. The topological polar surface area (TPSA) is 91.6 Å². The fourth-order valence-corrected chi connectivity index (χ4v) is 2.82. The molecular weight excluding hydrogens is 389 g/mol. The molecule has 0 aromatic carbocycles. The van der Waals surface area contributed by atoms with Crippen molar-refractivity contribution in [1.29, 1.82) is 0 Å². The number of carbonyl (C=O) groups is 2. The van der Waals surface area contributed by atoms with E-state index in [0.717, 1.165) is 6.42 Å². The molecule has 25 heavy (non-hydrogen) atoms. The van der Waals surface area contributed by atoms with Crippen LogP contribution in [-0.2, 0) is 4.79 Å². The molecule has 2 heterocycles. The van der Waals surface area contributed by atoms with Crippen LogP contribution in [0.1, 0.15) is 26.7 Å². The Morgan fingerprint density at radius 2 is 2.00 bits per heavy atom. The summed E-state index contributed by atoms with van der Waals surface area (Å²) in [5.41, 5.74) is 6.01. The maximum Gasteiger partial charge on any atom is 0.341 e. The van der Waals surface area contributed by atoms with Gasteiger partial charge in [0.2, 0.25) is 0 Å². The van der Waals surface area contributed by atoms with E-state index in [1.807, 2.05) is 13.8 Å². The molecule has 1 aromatic heterocycles. The van der Waals surface area contributed by atoms with E-state index in [4.69, 9.17) is 28.9 Å². The number of rotatable bonds is 4. The van der Waals surface area contributed by atoms with E-state index < -0.39 is 12.1 Å². The number of hydrogen-bond donors (Lipinski definition) is 2. The zero-order chi connectivity index (χ0) is 17.9. The van der Waals surface area contributed by atoms with Crippen LogP contribution in [0.5, 0.6) is 0 Å². The summed E-state index contributed by atoms with van der Waals surface area (Å²) in [5, 5.41) is 5.94. The van der Waals surface area contributed by atoms with Crippen LogP contribution >= 0.6 is 35.6 Å². The predicted octanol–water partition coefficient (Wildman–Crippen LogP) is 3.16. The van der Waals surface area contributed by atoms with Gasteiger partial charge in [-0.15, -0.1) is 12.4 Å². The summed E-state index contributed by atoms with van der Waals surface area (Å²) < 4.78 is 0. The van der Waals surface area contributed by atoms with E-state index >= 15 is 0 Å². The average molecular weight is 411 g/mol. The van der Waals surface area contributed by atoms with Crippen molar-refractivity contribution in [3.05, 3.63) is 22.3 Å². The lowest BCUT2D eigenvalue weighted by Crippen LogP contribution is -2.53. The van der Waals surface area contributed by atoms with Gasteiger partial charge in [-0.25, -0.2) is 19.8 Å². The third kappa shape index (κ3) is 5.10. The quantitative estimate of drug-likeness (QED) is 0.797. The Balaban J connectivity index is 0.00000312. The summed E-state index contributed by atoms with van der Waals surface area (Å²) in [6, 6.07) is 0.367. The van der Waals surface area contributed by atoms with Crippen molar-refractivity contribution in [2.45, 2.75) is 32.7 Å². The number of amides is 3. The third-order valence-corrected chi connectivity index (χ3v) is 4.59. The van der Waals surface area contributed by atoms with Crippen LogP contribution in [0.2, 0.25) is 10.0 Å². The lowest BCUT2D eigenvalue weighted by Gasteiger charge is -2.31. The fraction of sp³-hybridized carbons (Fsp3) is 0.533. The Labute approximate surface area is 163 Å². The molecule has 0 bridgehead atoms. The molecule has 0 spiro atoms. The molecule has 140 valence electrons. The van der Waals surface area contributed by atoms with Gasteiger partial charge in [-0.3, -0.25) is 10.1 Å². The number of urea groups is 1. The second kappa shape index (κ2) is 9.43. The molecule has 7 nitrogen and oxygen atoms in total. The fourth-order valence-electron chi connectivity index (χ4n) is 2.39. The van der Waals surface area contributed by atoms with Crippen LogP contribution in [0, 0.1) is 5.92 Å². The van der Waals surface area contributed by atoms with Gasteiger partial charge in [0.05, 0.1) is 16.1 Å². The van der Waals surface area contributed by atoms with Crippen molar-refractivity contribution < 1.29 is 9.59 Å². The second-order valence-electron chi connectivity index (χ2n) is 5.76. The predicted molar refractivity (Wildman–Crippen MR) is 101 cm³/mol. The Kier molecular flexibility index (Phi) is 8.21. The zero-order valence-corrected chi connectivity index (χ0v) is 16.4. The van der Waals surface area contributed by atoms with Gasteiger partial charge in [0.15, 0.2) is 5.82 Å². The van der Waals surface area contributed by atoms with E-state index in [0.29, 0.717) is 24.5 Å².